The summed E-state index contributed by atoms with van der Waals surface area (Å²) in [5.41, 5.74) is 1.93. The number of H-pyrrole nitrogens is 1. The fourth-order valence-electron chi connectivity index (χ4n) is 3.11. The monoisotopic (exact) mass is 435 g/mol. The molecule has 0 radical (unpaired) electrons. The summed E-state index contributed by atoms with van der Waals surface area (Å²) in [5.74, 6) is -0.973. The number of fused-ring (bicyclic) bond motifs is 2. The van der Waals surface area contributed by atoms with Gasteiger partial charge in [-0.3, -0.25) is 9.59 Å². The van der Waals surface area contributed by atoms with Crippen molar-refractivity contribution in [1.29, 1.82) is 0 Å². The van der Waals surface area contributed by atoms with Crippen molar-refractivity contribution in [2.24, 2.45) is 0 Å². The number of amides is 2. The van der Waals surface area contributed by atoms with Crippen LogP contribution < -0.4 is 5.32 Å². The summed E-state index contributed by atoms with van der Waals surface area (Å²) >= 11 is 4.93. The molecule has 1 aliphatic heterocycles. The van der Waals surface area contributed by atoms with Gasteiger partial charge in [0.1, 0.15) is 11.5 Å². The highest BCUT2D eigenvalue weighted by Crippen LogP contribution is 2.25. The lowest BCUT2D eigenvalue weighted by Crippen LogP contribution is -2.42. The van der Waals surface area contributed by atoms with E-state index in [4.69, 9.17) is 0 Å². The average molecular weight is 436 g/mol. The first-order chi connectivity index (χ1) is 12.5. The molecule has 2 N–H and O–H groups in total. The number of aromatic nitrogens is 1. The number of aromatic amines is 1. The Labute approximate surface area is 161 Å². The van der Waals surface area contributed by atoms with Crippen LogP contribution in [0, 0.1) is 5.82 Å². The smallest absolute Gasteiger partial charge is 0.268 e. The predicted octanol–water partition coefficient (Wildman–Crippen LogP) is 3.45. The van der Waals surface area contributed by atoms with Crippen molar-refractivity contribution < 1.29 is 14.0 Å². The van der Waals surface area contributed by atoms with Crippen LogP contribution in [-0.2, 0) is 17.8 Å². The van der Waals surface area contributed by atoms with Crippen LogP contribution in [0.4, 0.5) is 4.39 Å². The van der Waals surface area contributed by atoms with Crippen molar-refractivity contribution >= 4 is 50.0 Å². The van der Waals surface area contributed by atoms with Gasteiger partial charge in [0.15, 0.2) is 0 Å². The molecular weight excluding hydrogens is 421 g/mol. The zero-order valence-corrected chi connectivity index (χ0v) is 16.0. The molecule has 4 rings (SSSR count). The molecule has 26 heavy (non-hydrogen) atoms. The first-order valence-corrected chi connectivity index (χ1v) is 9.77. The summed E-state index contributed by atoms with van der Waals surface area (Å²) in [4.78, 5) is 30.6. The van der Waals surface area contributed by atoms with Gasteiger partial charge in [0.05, 0.1) is 12.1 Å². The highest BCUT2D eigenvalue weighted by atomic mass is 79.9. The minimum atomic E-state index is -0.432. The molecule has 134 valence electrons. The summed E-state index contributed by atoms with van der Waals surface area (Å²) in [5, 5.41) is 4.99. The predicted molar refractivity (Wildman–Crippen MR) is 102 cm³/mol. The normalized spacial score (nSPS) is 13.7. The molecule has 0 saturated carbocycles. The third-order valence-corrected chi connectivity index (χ3v) is 5.94. The Kier molecular flexibility index (Phi) is 4.54. The van der Waals surface area contributed by atoms with Gasteiger partial charge in [-0.2, -0.15) is 0 Å². The Hall–Kier alpha value is -2.19. The lowest BCUT2D eigenvalue weighted by molar-refractivity contribution is -0.131. The molecule has 0 saturated heterocycles. The Morgan fingerprint density at radius 3 is 3.04 bits per heavy atom. The van der Waals surface area contributed by atoms with Gasteiger partial charge in [0.25, 0.3) is 5.91 Å². The zero-order chi connectivity index (χ0) is 18.3. The molecule has 0 aliphatic carbocycles. The number of nitrogens with zero attached hydrogens (tertiary/aromatic N) is 1. The van der Waals surface area contributed by atoms with Gasteiger partial charge in [-0.25, -0.2) is 4.39 Å². The summed E-state index contributed by atoms with van der Waals surface area (Å²) < 4.78 is 14.5. The SMILES string of the molecule is O=C(NCC(=O)N1CCc2sccc2C1)c1cc2c(F)cc(Br)cc2[nH]1. The Balaban J connectivity index is 1.41. The number of thiophene rings is 1. The summed E-state index contributed by atoms with van der Waals surface area (Å²) in [6.07, 6.45) is 0.850. The van der Waals surface area contributed by atoms with E-state index < -0.39 is 11.7 Å². The summed E-state index contributed by atoms with van der Waals surface area (Å²) in [6.45, 7) is 1.16. The number of hydrogen-bond acceptors (Lipinski definition) is 3. The fourth-order valence-corrected chi connectivity index (χ4v) is 4.43. The van der Waals surface area contributed by atoms with Crippen LogP contribution in [0.3, 0.4) is 0 Å². The van der Waals surface area contributed by atoms with Crippen LogP contribution in [0.1, 0.15) is 20.9 Å². The van der Waals surface area contributed by atoms with Crippen molar-refractivity contribution in [2.75, 3.05) is 13.1 Å². The largest absolute Gasteiger partial charge is 0.350 e. The fraction of sp³-hybridized carbons (Fsp3) is 0.222. The third kappa shape index (κ3) is 3.26. The number of rotatable bonds is 3. The second kappa shape index (κ2) is 6.85. The topological polar surface area (TPSA) is 65.2 Å². The number of carbonyl (C=O) groups is 2. The molecule has 0 unspecified atom stereocenters. The number of nitrogens with one attached hydrogen (secondary N) is 2. The number of benzene rings is 1. The lowest BCUT2D eigenvalue weighted by Gasteiger charge is -2.27. The lowest BCUT2D eigenvalue weighted by atomic mass is 10.1. The van der Waals surface area contributed by atoms with Gasteiger partial charge >= 0.3 is 0 Å². The molecule has 1 aliphatic rings. The van der Waals surface area contributed by atoms with E-state index in [-0.39, 0.29) is 18.1 Å². The van der Waals surface area contributed by atoms with Crippen LogP contribution in [0.25, 0.3) is 10.9 Å². The van der Waals surface area contributed by atoms with Gasteiger partial charge in [-0.1, -0.05) is 15.9 Å². The van der Waals surface area contributed by atoms with Crippen molar-refractivity contribution in [3.63, 3.8) is 0 Å². The maximum atomic E-state index is 13.9. The molecule has 0 spiro atoms. The number of carbonyl (C=O) groups excluding carboxylic acids is 2. The molecule has 8 heteroatoms. The first-order valence-electron chi connectivity index (χ1n) is 8.10. The molecule has 1 aromatic carbocycles. The van der Waals surface area contributed by atoms with E-state index in [2.05, 4.69) is 26.2 Å². The summed E-state index contributed by atoms with van der Waals surface area (Å²) in [7, 11) is 0. The third-order valence-electron chi connectivity index (χ3n) is 4.46. The molecular formula is C18H15BrFN3O2S. The van der Waals surface area contributed by atoms with E-state index in [0.717, 1.165) is 6.42 Å². The first kappa shape index (κ1) is 17.2. The molecule has 0 fully saturated rings. The van der Waals surface area contributed by atoms with Gasteiger partial charge in [-0.15, -0.1) is 11.3 Å². The maximum absolute atomic E-state index is 13.9. The maximum Gasteiger partial charge on any atom is 0.268 e. The highest BCUT2D eigenvalue weighted by Gasteiger charge is 2.22. The van der Waals surface area contributed by atoms with Gasteiger partial charge < -0.3 is 15.2 Å². The number of hydrogen-bond donors (Lipinski definition) is 2. The van der Waals surface area contributed by atoms with E-state index in [0.29, 0.717) is 28.5 Å². The van der Waals surface area contributed by atoms with Crippen LogP contribution in [0.15, 0.2) is 34.1 Å². The minimum Gasteiger partial charge on any atom is -0.350 e. The molecule has 0 bridgehead atoms. The van der Waals surface area contributed by atoms with Gasteiger partial charge in [-0.05, 0) is 41.6 Å². The van der Waals surface area contributed by atoms with E-state index in [1.165, 1.54) is 22.6 Å². The zero-order valence-electron chi connectivity index (χ0n) is 13.6. The van der Waals surface area contributed by atoms with Crippen molar-refractivity contribution in [3.8, 4) is 0 Å². The van der Waals surface area contributed by atoms with Crippen LogP contribution in [-0.4, -0.2) is 34.8 Å². The number of halogens is 2. The standard InChI is InChI=1S/C18H15BrFN3O2S/c19-11-5-13(20)12-7-15(22-14(12)6-11)18(25)21-8-17(24)23-3-1-16-10(9-23)2-4-26-16/h2,4-7,22H,1,3,8-9H2,(H,21,25). The van der Waals surface area contributed by atoms with Crippen LogP contribution >= 0.6 is 27.3 Å². The van der Waals surface area contributed by atoms with E-state index in [1.54, 1.807) is 22.3 Å². The Morgan fingerprint density at radius 1 is 1.35 bits per heavy atom. The molecule has 3 heterocycles. The molecule has 2 aromatic heterocycles. The van der Waals surface area contributed by atoms with Crippen molar-refractivity contribution in [1.82, 2.24) is 15.2 Å². The van der Waals surface area contributed by atoms with E-state index >= 15 is 0 Å². The van der Waals surface area contributed by atoms with Gasteiger partial charge in [0, 0.05) is 27.8 Å². The Bertz CT molecular complexity index is 1010. The quantitative estimate of drug-likeness (QED) is 0.661. The molecule has 0 atom stereocenters. The average Bonchev–Trinajstić information content (AvgIpc) is 3.25. The van der Waals surface area contributed by atoms with Crippen molar-refractivity contribution in [2.45, 2.75) is 13.0 Å². The highest BCUT2D eigenvalue weighted by molar-refractivity contribution is 9.10. The molecule has 2 amide bonds. The second-order valence-electron chi connectivity index (χ2n) is 6.15. The minimum absolute atomic E-state index is 0.0835. The van der Waals surface area contributed by atoms with Crippen LogP contribution in [0.5, 0.6) is 0 Å². The second-order valence-corrected chi connectivity index (χ2v) is 8.07. The summed E-state index contributed by atoms with van der Waals surface area (Å²) in [6, 6.07) is 6.54. The Morgan fingerprint density at radius 2 is 2.19 bits per heavy atom. The van der Waals surface area contributed by atoms with E-state index in [9.17, 15) is 14.0 Å². The van der Waals surface area contributed by atoms with Gasteiger partial charge in [0.2, 0.25) is 5.91 Å². The van der Waals surface area contributed by atoms with Crippen molar-refractivity contribution in [3.05, 3.63) is 56.1 Å². The molecule has 5 nitrogen and oxygen atoms in total. The molecule has 3 aromatic rings. The van der Waals surface area contributed by atoms with E-state index in [1.807, 2.05) is 11.4 Å². The van der Waals surface area contributed by atoms with Crippen LogP contribution in [0.2, 0.25) is 0 Å².